The molecule has 2 heteroatoms. The maximum absolute atomic E-state index is 2.44. The number of rotatable bonds is 7. The number of benzene rings is 9. The van der Waals surface area contributed by atoms with Crippen molar-refractivity contribution in [2.75, 3.05) is 4.90 Å². The predicted molar refractivity (Wildman–Crippen MR) is 249 cm³/mol. The molecular weight excluding hydrogens is 713 g/mol. The van der Waals surface area contributed by atoms with Gasteiger partial charge >= 0.3 is 0 Å². The molecular formula is C57H42N2. The molecule has 0 saturated heterocycles. The molecule has 0 aliphatic heterocycles. The van der Waals surface area contributed by atoms with Gasteiger partial charge in [-0.15, -0.1) is 0 Å². The highest BCUT2D eigenvalue weighted by Gasteiger charge is 2.35. The smallest absolute Gasteiger partial charge is 0.0541 e. The van der Waals surface area contributed by atoms with Gasteiger partial charge in [-0.3, -0.25) is 0 Å². The van der Waals surface area contributed by atoms with E-state index in [4.69, 9.17) is 0 Å². The van der Waals surface area contributed by atoms with Crippen LogP contribution in [0, 0.1) is 0 Å². The van der Waals surface area contributed by atoms with Gasteiger partial charge in [0.15, 0.2) is 0 Å². The van der Waals surface area contributed by atoms with Crippen LogP contribution < -0.4 is 4.90 Å². The maximum atomic E-state index is 2.44. The second-order valence-electron chi connectivity index (χ2n) is 16.2. The second-order valence-corrected chi connectivity index (χ2v) is 16.2. The minimum Gasteiger partial charge on any atom is -0.310 e. The molecule has 0 spiro atoms. The Hall–Kier alpha value is -7.42. The average Bonchev–Trinajstić information content (AvgIpc) is 3.75. The maximum Gasteiger partial charge on any atom is 0.0541 e. The average molecular weight is 755 g/mol. The van der Waals surface area contributed by atoms with Gasteiger partial charge in [0.2, 0.25) is 0 Å². The van der Waals surface area contributed by atoms with Gasteiger partial charge in [-0.25, -0.2) is 0 Å². The van der Waals surface area contributed by atoms with E-state index < -0.39 is 0 Å². The Labute approximate surface area is 345 Å². The van der Waals surface area contributed by atoms with Crippen LogP contribution >= 0.6 is 0 Å². The van der Waals surface area contributed by atoms with Crippen molar-refractivity contribution in [1.82, 2.24) is 4.57 Å². The van der Waals surface area contributed by atoms with E-state index >= 15 is 0 Å². The Morgan fingerprint density at radius 2 is 0.864 bits per heavy atom. The van der Waals surface area contributed by atoms with Crippen molar-refractivity contribution < 1.29 is 0 Å². The molecule has 9 aromatic carbocycles. The van der Waals surface area contributed by atoms with Crippen LogP contribution in [0.2, 0.25) is 0 Å². The number of anilines is 3. The summed E-state index contributed by atoms with van der Waals surface area (Å²) < 4.78 is 2.44. The van der Waals surface area contributed by atoms with Crippen molar-refractivity contribution in [2.24, 2.45) is 0 Å². The van der Waals surface area contributed by atoms with E-state index in [9.17, 15) is 0 Å². The lowest BCUT2D eigenvalue weighted by atomic mass is 9.82. The van der Waals surface area contributed by atoms with Gasteiger partial charge in [-0.2, -0.15) is 0 Å². The number of para-hydroxylation sites is 3. The topological polar surface area (TPSA) is 8.17 Å². The second kappa shape index (κ2) is 13.9. The van der Waals surface area contributed by atoms with E-state index in [1.165, 1.54) is 77.4 Å². The van der Waals surface area contributed by atoms with Crippen LogP contribution in [0.15, 0.2) is 218 Å². The first-order valence-corrected chi connectivity index (χ1v) is 20.5. The minimum absolute atomic E-state index is 0.0830. The van der Waals surface area contributed by atoms with Crippen LogP contribution in [0.3, 0.4) is 0 Å². The number of aromatic nitrogens is 1. The summed E-state index contributed by atoms with van der Waals surface area (Å²) in [5.41, 5.74) is 19.5. The summed E-state index contributed by atoms with van der Waals surface area (Å²) in [7, 11) is 0. The molecule has 1 aromatic heterocycles. The van der Waals surface area contributed by atoms with Gasteiger partial charge < -0.3 is 9.47 Å². The Morgan fingerprint density at radius 3 is 1.64 bits per heavy atom. The van der Waals surface area contributed by atoms with Crippen molar-refractivity contribution >= 4 is 38.9 Å². The first kappa shape index (κ1) is 34.8. The third-order valence-corrected chi connectivity index (χ3v) is 12.4. The Bertz CT molecular complexity index is 3150. The fraction of sp³-hybridized carbons (Fsp3) is 0.0526. The summed E-state index contributed by atoms with van der Waals surface area (Å²) in [6.45, 7) is 4.70. The number of hydrogen-bond donors (Lipinski definition) is 0. The lowest BCUT2D eigenvalue weighted by Crippen LogP contribution is -2.16. The van der Waals surface area contributed by atoms with Crippen LogP contribution in [0.25, 0.3) is 72.0 Å². The molecule has 0 amide bonds. The van der Waals surface area contributed by atoms with Gasteiger partial charge in [-0.1, -0.05) is 172 Å². The highest BCUT2D eigenvalue weighted by molar-refractivity contribution is 6.11. The fourth-order valence-corrected chi connectivity index (χ4v) is 9.46. The molecule has 1 heterocycles. The van der Waals surface area contributed by atoms with E-state index in [1.807, 2.05) is 0 Å². The first-order chi connectivity index (χ1) is 29.0. The molecule has 0 unspecified atom stereocenters. The third kappa shape index (κ3) is 5.79. The van der Waals surface area contributed by atoms with Crippen LogP contribution in [-0.4, -0.2) is 4.57 Å². The SMILES string of the molecule is CC1(C)c2ccccc2-c2ccc(N(c3ccccc3)c3ccc(-c4ccccc4-n4c5ccccc5c5cc(-c6ccc(-c7ccccc7)cc6)ccc54)cc3)cc21. The van der Waals surface area contributed by atoms with Gasteiger partial charge in [0, 0.05) is 38.8 Å². The van der Waals surface area contributed by atoms with Crippen LogP contribution in [0.5, 0.6) is 0 Å². The number of nitrogens with zero attached hydrogens (tertiary/aromatic N) is 2. The predicted octanol–water partition coefficient (Wildman–Crippen LogP) is 15.6. The number of fused-ring (bicyclic) bond motifs is 6. The quantitative estimate of drug-likeness (QED) is 0.157. The van der Waals surface area contributed by atoms with Crippen molar-refractivity contribution in [1.29, 1.82) is 0 Å². The Kier molecular flexibility index (Phi) is 8.20. The third-order valence-electron chi connectivity index (χ3n) is 12.4. The minimum atomic E-state index is -0.0830. The summed E-state index contributed by atoms with van der Waals surface area (Å²) >= 11 is 0. The van der Waals surface area contributed by atoms with Crippen molar-refractivity contribution in [2.45, 2.75) is 19.3 Å². The molecule has 0 saturated carbocycles. The molecule has 280 valence electrons. The summed E-state index contributed by atoms with van der Waals surface area (Å²) in [6, 6.07) is 79.7. The highest BCUT2D eigenvalue weighted by atomic mass is 15.1. The summed E-state index contributed by atoms with van der Waals surface area (Å²) in [5, 5.41) is 2.49. The number of hydrogen-bond acceptors (Lipinski definition) is 1. The van der Waals surface area contributed by atoms with E-state index in [1.54, 1.807) is 0 Å². The van der Waals surface area contributed by atoms with E-state index in [0.29, 0.717) is 0 Å². The standard InChI is InChI=1S/C57H42N2/c1-57(2)52-22-12-9-20-48(52)49-35-34-46(38-53(49)57)58(44-17-7-4-8-18-44)45-32-29-42(30-33-45)47-19-10-13-23-54(47)59-55-24-14-11-21-50(55)51-37-43(31-36-56(51)59)41-27-25-40(26-28-41)39-15-5-3-6-16-39/h3-38H,1-2H3. The first-order valence-electron chi connectivity index (χ1n) is 20.5. The molecule has 59 heavy (non-hydrogen) atoms. The molecule has 2 nitrogen and oxygen atoms in total. The molecule has 11 rings (SSSR count). The Morgan fingerprint density at radius 1 is 0.339 bits per heavy atom. The molecule has 0 atom stereocenters. The van der Waals surface area contributed by atoms with Crippen LogP contribution in [-0.2, 0) is 5.41 Å². The molecule has 0 radical (unpaired) electrons. The van der Waals surface area contributed by atoms with Gasteiger partial charge in [0.1, 0.15) is 0 Å². The van der Waals surface area contributed by atoms with Gasteiger partial charge in [0.25, 0.3) is 0 Å². The largest absolute Gasteiger partial charge is 0.310 e. The monoisotopic (exact) mass is 754 g/mol. The highest BCUT2D eigenvalue weighted by Crippen LogP contribution is 2.50. The van der Waals surface area contributed by atoms with Gasteiger partial charge in [-0.05, 0) is 111 Å². The molecule has 0 N–H and O–H groups in total. The molecule has 1 aliphatic carbocycles. The Balaban J connectivity index is 0.982. The normalized spacial score (nSPS) is 12.7. The zero-order valence-corrected chi connectivity index (χ0v) is 33.2. The lowest BCUT2D eigenvalue weighted by molar-refractivity contribution is 0.660. The lowest BCUT2D eigenvalue weighted by Gasteiger charge is -2.28. The zero-order valence-electron chi connectivity index (χ0n) is 33.2. The summed E-state index contributed by atoms with van der Waals surface area (Å²) in [4.78, 5) is 2.38. The van der Waals surface area contributed by atoms with Crippen LogP contribution in [0.4, 0.5) is 17.1 Å². The van der Waals surface area contributed by atoms with Crippen molar-refractivity contribution in [3.63, 3.8) is 0 Å². The van der Waals surface area contributed by atoms with E-state index in [-0.39, 0.29) is 5.41 Å². The summed E-state index contributed by atoms with van der Waals surface area (Å²) in [5.74, 6) is 0. The molecule has 10 aromatic rings. The molecule has 0 bridgehead atoms. The molecule has 1 aliphatic rings. The van der Waals surface area contributed by atoms with Gasteiger partial charge in [0.05, 0.1) is 16.7 Å². The van der Waals surface area contributed by atoms with E-state index in [2.05, 4.69) is 242 Å². The summed E-state index contributed by atoms with van der Waals surface area (Å²) in [6.07, 6.45) is 0. The van der Waals surface area contributed by atoms with E-state index in [0.717, 1.165) is 22.7 Å². The van der Waals surface area contributed by atoms with Crippen molar-refractivity contribution in [3.05, 3.63) is 230 Å². The molecule has 0 fully saturated rings. The zero-order chi connectivity index (χ0) is 39.5. The van der Waals surface area contributed by atoms with Crippen LogP contribution in [0.1, 0.15) is 25.0 Å². The van der Waals surface area contributed by atoms with Crippen molar-refractivity contribution in [3.8, 4) is 50.2 Å². The fourth-order valence-electron chi connectivity index (χ4n) is 9.46.